The number of rotatable bonds is 5. The first kappa shape index (κ1) is 18.7. The van der Waals surface area contributed by atoms with E-state index in [1.807, 2.05) is 0 Å². The highest BCUT2D eigenvalue weighted by Gasteiger charge is 2.32. The van der Waals surface area contributed by atoms with Crippen molar-refractivity contribution in [2.24, 2.45) is 0 Å². The summed E-state index contributed by atoms with van der Waals surface area (Å²) in [6.07, 6.45) is -4.52. The van der Waals surface area contributed by atoms with Crippen molar-refractivity contribution in [1.82, 2.24) is 24.8 Å². The molecule has 0 aliphatic rings. The Hall–Kier alpha value is -3.05. The van der Waals surface area contributed by atoms with Gasteiger partial charge in [-0.05, 0) is 18.2 Å². The summed E-state index contributed by atoms with van der Waals surface area (Å²) in [6.45, 7) is -0.852. The van der Waals surface area contributed by atoms with Crippen LogP contribution < -0.4 is 9.47 Å². The molecule has 0 saturated heterocycles. The van der Waals surface area contributed by atoms with Crippen LogP contribution in [0.4, 0.5) is 22.0 Å². The highest BCUT2D eigenvalue weighted by molar-refractivity contribution is 5.66. The van der Waals surface area contributed by atoms with Crippen molar-refractivity contribution in [3.8, 4) is 23.0 Å². The van der Waals surface area contributed by atoms with Crippen molar-refractivity contribution in [3.05, 3.63) is 30.1 Å². The van der Waals surface area contributed by atoms with E-state index in [1.165, 1.54) is 31.4 Å². The number of hydrogen-bond acceptors (Lipinski definition) is 6. The van der Waals surface area contributed by atoms with E-state index in [9.17, 15) is 22.0 Å². The van der Waals surface area contributed by atoms with Crippen LogP contribution in [0.25, 0.3) is 16.9 Å². The van der Waals surface area contributed by atoms with E-state index in [-0.39, 0.29) is 28.7 Å². The summed E-state index contributed by atoms with van der Waals surface area (Å²) in [5.41, 5.74) is 0.546. The van der Waals surface area contributed by atoms with E-state index in [4.69, 9.17) is 4.74 Å². The number of aromatic nitrogens is 5. The molecular formula is C15H12F5N5O2. The quantitative estimate of drug-likeness (QED) is 0.624. The number of pyridine rings is 1. The van der Waals surface area contributed by atoms with Crippen LogP contribution in [-0.4, -0.2) is 44.7 Å². The molecule has 0 aliphatic carbocycles. The molecule has 0 fully saturated rings. The maximum Gasteiger partial charge on any atom is 0.422 e. The average Bonchev–Trinajstić information content (AvgIpc) is 3.02. The van der Waals surface area contributed by atoms with Gasteiger partial charge in [-0.3, -0.25) is 0 Å². The van der Waals surface area contributed by atoms with E-state index < -0.39 is 24.5 Å². The monoisotopic (exact) mass is 389 g/mol. The lowest BCUT2D eigenvalue weighted by Gasteiger charge is -2.12. The van der Waals surface area contributed by atoms with Crippen LogP contribution in [0.5, 0.6) is 11.8 Å². The standard InChI is InChI=1S/C15H12F5N5O2/c1-14(16,17)13-23-22-10-5-4-9(24-25(10)13)8-3-6-11(21-12(8)26-2)27-7-15(18,19)20/h3-6H,7H2,1-2H3. The second-order valence-electron chi connectivity index (χ2n) is 5.51. The molecule has 3 aromatic heterocycles. The normalized spacial score (nSPS) is 12.4. The SMILES string of the molecule is COc1nc(OCC(F)(F)F)ccc1-c1ccc2nnc(C(C)(F)F)n2n1. The lowest BCUT2D eigenvalue weighted by atomic mass is 10.2. The predicted octanol–water partition coefficient (Wildman–Crippen LogP) is 3.25. The fraction of sp³-hybridized carbons (Fsp3) is 0.333. The molecule has 0 saturated carbocycles. The van der Waals surface area contributed by atoms with E-state index in [1.54, 1.807) is 0 Å². The Kier molecular flexibility index (Phi) is 4.57. The topological polar surface area (TPSA) is 74.4 Å². The first-order valence-electron chi connectivity index (χ1n) is 7.44. The van der Waals surface area contributed by atoms with Crippen LogP contribution in [0.3, 0.4) is 0 Å². The molecule has 7 nitrogen and oxygen atoms in total. The van der Waals surface area contributed by atoms with Gasteiger partial charge in [-0.25, -0.2) is 0 Å². The summed E-state index contributed by atoms with van der Waals surface area (Å²) < 4.78 is 74.5. The van der Waals surface area contributed by atoms with Gasteiger partial charge in [0.15, 0.2) is 12.3 Å². The minimum atomic E-state index is -4.52. The summed E-state index contributed by atoms with van der Waals surface area (Å²) in [6, 6.07) is 5.44. The third kappa shape index (κ3) is 4.04. The van der Waals surface area contributed by atoms with Gasteiger partial charge in [0, 0.05) is 13.0 Å². The second kappa shape index (κ2) is 6.59. The van der Waals surface area contributed by atoms with Gasteiger partial charge in [0.1, 0.15) is 0 Å². The molecule has 3 heterocycles. The Balaban J connectivity index is 2.00. The molecule has 0 N–H and O–H groups in total. The lowest BCUT2D eigenvalue weighted by molar-refractivity contribution is -0.154. The first-order valence-corrected chi connectivity index (χ1v) is 7.44. The van der Waals surface area contributed by atoms with E-state index in [0.29, 0.717) is 6.92 Å². The largest absolute Gasteiger partial charge is 0.480 e. The minimum Gasteiger partial charge on any atom is -0.480 e. The lowest BCUT2D eigenvalue weighted by Crippen LogP contribution is -2.19. The molecule has 0 aliphatic heterocycles. The van der Waals surface area contributed by atoms with Gasteiger partial charge in [-0.2, -0.15) is 36.6 Å². The molecule has 3 aromatic rings. The van der Waals surface area contributed by atoms with Crippen LogP contribution in [0.1, 0.15) is 12.7 Å². The van der Waals surface area contributed by atoms with E-state index >= 15 is 0 Å². The van der Waals surface area contributed by atoms with Crippen LogP contribution >= 0.6 is 0 Å². The van der Waals surface area contributed by atoms with Gasteiger partial charge >= 0.3 is 12.1 Å². The van der Waals surface area contributed by atoms with Crippen molar-refractivity contribution in [1.29, 1.82) is 0 Å². The molecule has 0 bridgehead atoms. The Bertz CT molecular complexity index is 967. The van der Waals surface area contributed by atoms with Gasteiger partial charge < -0.3 is 9.47 Å². The molecular weight excluding hydrogens is 377 g/mol. The number of ether oxygens (including phenoxy) is 2. The maximum atomic E-state index is 13.6. The molecule has 0 amide bonds. The number of hydrogen-bond donors (Lipinski definition) is 0. The van der Waals surface area contributed by atoms with Crippen molar-refractivity contribution in [3.63, 3.8) is 0 Å². The number of fused-ring (bicyclic) bond motifs is 1. The van der Waals surface area contributed by atoms with Crippen LogP contribution in [0.2, 0.25) is 0 Å². The van der Waals surface area contributed by atoms with E-state index in [0.717, 1.165) is 4.52 Å². The summed E-state index contributed by atoms with van der Waals surface area (Å²) in [4.78, 5) is 3.84. The van der Waals surface area contributed by atoms with Crippen molar-refractivity contribution >= 4 is 5.65 Å². The van der Waals surface area contributed by atoms with Crippen LogP contribution in [0, 0.1) is 0 Å². The molecule has 0 aromatic carbocycles. The summed E-state index contributed by atoms with van der Waals surface area (Å²) >= 11 is 0. The van der Waals surface area contributed by atoms with Gasteiger partial charge in [-0.15, -0.1) is 10.2 Å². The Morgan fingerprint density at radius 3 is 2.41 bits per heavy atom. The van der Waals surface area contributed by atoms with E-state index in [2.05, 4.69) is 25.0 Å². The molecule has 0 atom stereocenters. The second-order valence-corrected chi connectivity index (χ2v) is 5.51. The number of halogens is 5. The third-order valence-corrected chi connectivity index (χ3v) is 3.34. The maximum absolute atomic E-state index is 13.6. The summed E-state index contributed by atoms with van der Waals surface area (Å²) in [5, 5.41) is 11.1. The van der Waals surface area contributed by atoms with Crippen molar-refractivity contribution in [2.45, 2.75) is 19.0 Å². The van der Waals surface area contributed by atoms with Crippen molar-refractivity contribution in [2.75, 3.05) is 13.7 Å². The van der Waals surface area contributed by atoms with Crippen LogP contribution in [-0.2, 0) is 5.92 Å². The van der Waals surface area contributed by atoms with Gasteiger partial charge in [0.25, 0.3) is 0 Å². The first-order chi connectivity index (χ1) is 12.6. The molecule has 0 spiro atoms. The number of nitrogens with zero attached hydrogens (tertiary/aromatic N) is 5. The Morgan fingerprint density at radius 1 is 1.04 bits per heavy atom. The zero-order chi connectivity index (χ0) is 19.8. The number of methoxy groups -OCH3 is 1. The predicted molar refractivity (Wildman–Crippen MR) is 81.7 cm³/mol. The highest BCUT2D eigenvalue weighted by atomic mass is 19.4. The molecule has 0 radical (unpaired) electrons. The third-order valence-electron chi connectivity index (χ3n) is 3.34. The zero-order valence-electron chi connectivity index (χ0n) is 14.0. The van der Waals surface area contributed by atoms with Gasteiger partial charge in [0.2, 0.25) is 17.6 Å². The van der Waals surface area contributed by atoms with Crippen LogP contribution in [0.15, 0.2) is 24.3 Å². The smallest absolute Gasteiger partial charge is 0.422 e. The molecule has 144 valence electrons. The fourth-order valence-corrected chi connectivity index (χ4v) is 2.22. The fourth-order valence-electron chi connectivity index (χ4n) is 2.22. The van der Waals surface area contributed by atoms with Crippen molar-refractivity contribution < 1.29 is 31.4 Å². The molecule has 27 heavy (non-hydrogen) atoms. The highest BCUT2D eigenvalue weighted by Crippen LogP contribution is 2.31. The molecule has 3 rings (SSSR count). The Morgan fingerprint density at radius 2 is 1.78 bits per heavy atom. The minimum absolute atomic E-state index is 0.0839. The molecule has 12 heteroatoms. The number of alkyl halides is 5. The van der Waals surface area contributed by atoms with Gasteiger partial charge in [0.05, 0.1) is 18.4 Å². The van der Waals surface area contributed by atoms with Gasteiger partial charge in [-0.1, -0.05) is 0 Å². The molecule has 0 unspecified atom stereocenters. The summed E-state index contributed by atoms with van der Waals surface area (Å²) in [7, 11) is 1.25. The average molecular weight is 389 g/mol. The summed E-state index contributed by atoms with van der Waals surface area (Å²) in [5.74, 6) is -4.32. The zero-order valence-corrected chi connectivity index (χ0v) is 14.0. The Labute approximate surface area is 148 Å².